The molecule has 2 N–H and O–H groups in total. The molecule has 3 rings (SSSR count). The van der Waals surface area contributed by atoms with Gasteiger partial charge < -0.3 is 10.4 Å². The van der Waals surface area contributed by atoms with Crippen LogP contribution < -0.4 is 5.32 Å². The molecular formula is C9H8N4O2. The van der Waals surface area contributed by atoms with Gasteiger partial charge in [0.05, 0.1) is 18.1 Å². The molecule has 0 radical (unpaired) electrons. The van der Waals surface area contributed by atoms with Crippen LogP contribution in [0, 0.1) is 0 Å². The van der Waals surface area contributed by atoms with Crippen molar-refractivity contribution in [1.29, 1.82) is 0 Å². The van der Waals surface area contributed by atoms with E-state index >= 15 is 0 Å². The van der Waals surface area contributed by atoms with Crippen LogP contribution in [0.3, 0.4) is 0 Å². The molecule has 0 spiro atoms. The van der Waals surface area contributed by atoms with E-state index in [2.05, 4.69) is 15.4 Å². The molecule has 0 aliphatic carbocycles. The molecule has 0 bridgehead atoms. The van der Waals surface area contributed by atoms with Crippen LogP contribution in [-0.4, -0.2) is 32.2 Å². The summed E-state index contributed by atoms with van der Waals surface area (Å²) in [4.78, 5) is 14.9. The van der Waals surface area contributed by atoms with E-state index in [4.69, 9.17) is 5.11 Å². The number of fused-ring (bicyclic) bond motifs is 3. The van der Waals surface area contributed by atoms with Crippen molar-refractivity contribution >= 4 is 17.3 Å². The number of nitrogens with one attached hydrogen (secondary N) is 1. The van der Waals surface area contributed by atoms with E-state index < -0.39 is 5.97 Å². The summed E-state index contributed by atoms with van der Waals surface area (Å²) in [5, 5.41) is 16.1. The highest BCUT2D eigenvalue weighted by molar-refractivity contribution is 5.88. The molecule has 0 fully saturated rings. The van der Waals surface area contributed by atoms with E-state index in [-0.39, 0.29) is 5.69 Å². The van der Waals surface area contributed by atoms with Gasteiger partial charge in [-0.05, 0) is 6.42 Å². The van der Waals surface area contributed by atoms with E-state index in [9.17, 15) is 4.79 Å². The molecule has 1 aliphatic rings. The van der Waals surface area contributed by atoms with Crippen LogP contribution in [-0.2, 0) is 6.42 Å². The number of hydrogen-bond acceptors (Lipinski definition) is 4. The van der Waals surface area contributed by atoms with Gasteiger partial charge in [-0.3, -0.25) is 0 Å². The molecule has 0 amide bonds. The predicted octanol–water partition coefficient (Wildman–Crippen LogP) is 0.395. The average molecular weight is 204 g/mol. The molecule has 76 valence electrons. The second-order valence-corrected chi connectivity index (χ2v) is 3.41. The van der Waals surface area contributed by atoms with Crippen molar-refractivity contribution in [1.82, 2.24) is 14.6 Å². The molecule has 15 heavy (non-hydrogen) atoms. The number of aromatic carboxylic acids is 1. The summed E-state index contributed by atoms with van der Waals surface area (Å²) >= 11 is 0. The summed E-state index contributed by atoms with van der Waals surface area (Å²) in [6, 6.07) is 0. The summed E-state index contributed by atoms with van der Waals surface area (Å²) in [6.07, 6.45) is 3.93. The first-order valence-electron chi connectivity index (χ1n) is 4.60. The number of anilines is 1. The monoisotopic (exact) mass is 204 g/mol. The number of rotatable bonds is 1. The van der Waals surface area contributed by atoms with Crippen LogP contribution in [0.1, 0.15) is 16.1 Å². The quantitative estimate of drug-likeness (QED) is 0.702. The van der Waals surface area contributed by atoms with Crippen LogP contribution in [0.4, 0.5) is 5.69 Å². The minimum Gasteiger partial charge on any atom is -0.476 e. The molecule has 2 aromatic heterocycles. The summed E-state index contributed by atoms with van der Waals surface area (Å²) in [7, 11) is 0. The average Bonchev–Trinajstić information content (AvgIpc) is 2.82. The minimum atomic E-state index is -1.02. The summed E-state index contributed by atoms with van der Waals surface area (Å²) in [6.45, 7) is 0.853. The topological polar surface area (TPSA) is 79.5 Å². The molecule has 3 heterocycles. The van der Waals surface area contributed by atoms with Gasteiger partial charge in [0.1, 0.15) is 0 Å². The normalized spacial score (nSPS) is 13.9. The Labute approximate surface area is 84.6 Å². The zero-order valence-corrected chi connectivity index (χ0v) is 7.77. The molecule has 6 heteroatoms. The number of carboxylic acids is 1. The molecule has 1 aliphatic heterocycles. The second kappa shape index (κ2) is 2.69. The van der Waals surface area contributed by atoms with Crippen LogP contribution >= 0.6 is 0 Å². The van der Waals surface area contributed by atoms with Crippen molar-refractivity contribution in [2.75, 3.05) is 11.9 Å². The summed E-state index contributed by atoms with van der Waals surface area (Å²) < 4.78 is 1.35. The Morgan fingerprint density at radius 1 is 1.53 bits per heavy atom. The maximum Gasteiger partial charge on any atom is 0.356 e. The summed E-state index contributed by atoms with van der Waals surface area (Å²) in [5.41, 5.74) is 2.66. The first kappa shape index (κ1) is 8.22. The van der Waals surface area contributed by atoms with Crippen LogP contribution in [0.15, 0.2) is 12.4 Å². The fourth-order valence-electron chi connectivity index (χ4n) is 1.82. The lowest BCUT2D eigenvalue weighted by molar-refractivity contribution is 0.0688. The fourth-order valence-corrected chi connectivity index (χ4v) is 1.82. The largest absolute Gasteiger partial charge is 0.476 e. The highest BCUT2D eigenvalue weighted by Gasteiger charge is 2.19. The highest BCUT2D eigenvalue weighted by atomic mass is 16.4. The zero-order chi connectivity index (χ0) is 10.4. The third-order valence-corrected chi connectivity index (χ3v) is 2.53. The number of carbonyl (C=O) groups is 1. The van der Waals surface area contributed by atoms with Gasteiger partial charge in [0, 0.05) is 12.1 Å². The molecule has 6 nitrogen and oxygen atoms in total. The number of carboxylic acid groups (broad SMARTS) is 1. The standard InChI is InChI=1S/C9H8N4O2/c14-9(15)6-4-11-8-7-5(1-2-10-7)3-12-13(6)8/h3-4,10H,1-2H2,(H,14,15). The molecule has 0 saturated carbocycles. The second-order valence-electron chi connectivity index (χ2n) is 3.41. The fraction of sp³-hybridized carbons (Fsp3) is 0.222. The van der Waals surface area contributed by atoms with E-state index in [0.717, 1.165) is 24.2 Å². The van der Waals surface area contributed by atoms with Gasteiger partial charge in [0.25, 0.3) is 0 Å². The van der Waals surface area contributed by atoms with Crippen molar-refractivity contribution in [2.24, 2.45) is 0 Å². The Hall–Kier alpha value is -2.11. The molecule has 0 unspecified atom stereocenters. The van der Waals surface area contributed by atoms with Crippen molar-refractivity contribution in [2.45, 2.75) is 6.42 Å². The Bertz CT molecular complexity index is 560. The van der Waals surface area contributed by atoms with E-state index in [1.807, 2.05) is 0 Å². The highest BCUT2D eigenvalue weighted by Crippen LogP contribution is 2.25. The third-order valence-electron chi connectivity index (χ3n) is 2.53. The number of hydrogen-bond donors (Lipinski definition) is 2. The molecule has 0 atom stereocenters. The number of nitrogens with zero attached hydrogens (tertiary/aromatic N) is 3. The Balaban J connectivity index is 2.35. The molecular weight excluding hydrogens is 196 g/mol. The maximum atomic E-state index is 10.9. The first-order chi connectivity index (χ1) is 7.27. The SMILES string of the molecule is O=C(O)c1cnc2c3c(cnn12)CCN3. The maximum absolute atomic E-state index is 10.9. The van der Waals surface area contributed by atoms with Crippen molar-refractivity contribution in [3.63, 3.8) is 0 Å². The van der Waals surface area contributed by atoms with Gasteiger partial charge >= 0.3 is 5.97 Å². The smallest absolute Gasteiger partial charge is 0.356 e. The lowest BCUT2D eigenvalue weighted by Gasteiger charge is -2.01. The Kier molecular flexibility index (Phi) is 1.47. The van der Waals surface area contributed by atoms with Crippen LogP contribution in [0.25, 0.3) is 5.65 Å². The van der Waals surface area contributed by atoms with E-state index in [1.165, 1.54) is 10.7 Å². The van der Waals surface area contributed by atoms with Crippen LogP contribution in [0.5, 0.6) is 0 Å². The lowest BCUT2D eigenvalue weighted by atomic mass is 10.2. The Morgan fingerprint density at radius 2 is 2.40 bits per heavy atom. The van der Waals surface area contributed by atoms with Gasteiger partial charge in [-0.25, -0.2) is 14.3 Å². The Morgan fingerprint density at radius 3 is 3.20 bits per heavy atom. The lowest BCUT2D eigenvalue weighted by Crippen LogP contribution is -2.05. The third kappa shape index (κ3) is 1.01. The first-order valence-corrected chi connectivity index (χ1v) is 4.60. The van der Waals surface area contributed by atoms with E-state index in [1.54, 1.807) is 6.20 Å². The molecule has 0 saturated heterocycles. The van der Waals surface area contributed by atoms with Gasteiger partial charge in [-0.2, -0.15) is 5.10 Å². The van der Waals surface area contributed by atoms with Crippen molar-refractivity contribution in [3.05, 3.63) is 23.7 Å². The molecule has 2 aromatic rings. The summed E-state index contributed by atoms with van der Waals surface area (Å²) in [5.74, 6) is -1.02. The van der Waals surface area contributed by atoms with Gasteiger partial charge in [-0.1, -0.05) is 0 Å². The molecule has 0 aromatic carbocycles. The number of aromatic nitrogens is 3. The minimum absolute atomic E-state index is 0.0847. The van der Waals surface area contributed by atoms with Gasteiger partial charge in [0.2, 0.25) is 0 Å². The van der Waals surface area contributed by atoms with Crippen molar-refractivity contribution < 1.29 is 9.90 Å². The zero-order valence-electron chi connectivity index (χ0n) is 7.77. The van der Waals surface area contributed by atoms with Gasteiger partial charge in [0.15, 0.2) is 11.3 Å². The van der Waals surface area contributed by atoms with Crippen LogP contribution in [0.2, 0.25) is 0 Å². The van der Waals surface area contributed by atoms with Gasteiger partial charge in [-0.15, -0.1) is 0 Å². The van der Waals surface area contributed by atoms with Crippen molar-refractivity contribution in [3.8, 4) is 0 Å². The van der Waals surface area contributed by atoms with E-state index in [0.29, 0.717) is 5.65 Å². The number of imidazole rings is 1. The predicted molar refractivity (Wildman–Crippen MR) is 52.1 cm³/mol.